The van der Waals surface area contributed by atoms with E-state index in [2.05, 4.69) is 66.7 Å². The second-order valence-electron chi connectivity index (χ2n) is 7.51. The summed E-state index contributed by atoms with van der Waals surface area (Å²) in [5.41, 5.74) is 1.78. The lowest BCUT2D eigenvalue weighted by molar-refractivity contribution is 0.122. The Morgan fingerprint density at radius 3 is 2.22 bits per heavy atom. The first kappa shape index (κ1) is 19.1. The van der Waals surface area contributed by atoms with E-state index in [0.717, 1.165) is 4.58 Å². The highest BCUT2D eigenvalue weighted by atomic mass is 32.2. The Morgan fingerprint density at radius 1 is 0.913 bits per heavy atom. The summed E-state index contributed by atoms with van der Waals surface area (Å²) in [4.78, 5) is 0. The van der Waals surface area contributed by atoms with Gasteiger partial charge in [-0.25, -0.2) is 0 Å². The summed E-state index contributed by atoms with van der Waals surface area (Å²) in [6.45, 7) is 7.07. The van der Waals surface area contributed by atoms with E-state index in [0.29, 0.717) is 12.0 Å². The molecule has 1 saturated carbocycles. The maximum atomic E-state index is 6.73. The zero-order valence-corrected chi connectivity index (χ0v) is 18.9. The smallest absolute Gasteiger partial charge is 0.184 e. The molecule has 0 aromatic heterocycles. The van der Waals surface area contributed by atoms with Gasteiger partial charge in [0.25, 0.3) is 0 Å². The minimum Gasteiger partial charge on any atom is -0.414 e. The second-order valence-corrected chi connectivity index (χ2v) is 17.2. The van der Waals surface area contributed by atoms with Gasteiger partial charge < -0.3 is 4.43 Å². The SMILES string of the molecule is C[Si](C)(C)O[C@H]1CCCC(=C2SCCCS2)[C@@H]1C1SCCCS1. The third-order valence-electron chi connectivity index (χ3n) is 4.41. The van der Waals surface area contributed by atoms with Crippen molar-refractivity contribution in [2.75, 3.05) is 23.0 Å². The van der Waals surface area contributed by atoms with Crippen LogP contribution in [0.2, 0.25) is 19.6 Å². The van der Waals surface area contributed by atoms with Crippen LogP contribution in [-0.4, -0.2) is 42.0 Å². The summed E-state index contributed by atoms with van der Waals surface area (Å²) < 4.78 is 9.14. The average Bonchev–Trinajstić information content (AvgIpc) is 2.55. The molecule has 0 aromatic carbocycles. The summed E-state index contributed by atoms with van der Waals surface area (Å²) in [6.07, 6.45) is 7.16. The molecule has 3 fully saturated rings. The maximum Gasteiger partial charge on any atom is 0.184 e. The third kappa shape index (κ3) is 5.39. The lowest BCUT2D eigenvalue weighted by Crippen LogP contribution is -2.42. The molecule has 1 aliphatic carbocycles. The molecular weight excluding hydrogens is 377 g/mol. The monoisotopic (exact) mass is 406 g/mol. The van der Waals surface area contributed by atoms with Gasteiger partial charge in [-0.1, -0.05) is 0 Å². The summed E-state index contributed by atoms with van der Waals surface area (Å²) >= 11 is 8.70. The van der Waals surface area contributed by atoms with Gasteiger partial charge in [0.2, 0.25) is 0 Å². The Labute approximate surface area is 160 Å². The zero-order valence-electron chi connectivity index (χ0n) is 14.6. The number of rotatable bonds is 3. The largest absolute Gasteiger partial charge is 0.414 e. The van der Waals surface area contributed by atoms with Crippen LogP contribution in [0.5, 0.6) is 0 Å². The first-order valence-electron chi connectivity index (χ1n) is 8.94. The van der Waals surface area contributed by atoms with Gasteiger partial charge >= 0.3 is 0 Å². The summed E-state index contributed by atoms with van der Waals surface area (Å²) in [7, 11) is -1.48. The Bertz CT molecular complexity index is 421. The highest BCUT2D eigenvalue weighted by molar-refractivity contribution is 8.22. The topological polar surface area (TPSA) is 9.23 Å². The summed E-state index contributed by atoms with van der Waals surface area (Å²) in [5.74, 6) is 6.00. The molecule has 2 saturated heterocycles. The number of hydrogen-bond acceptors (Lipinski definition) is 5. The van der Waals surface area contributed by atoms with Gasteiger partial charge in [0.1, 0.15) is 0 Å². The van der Waals surface area contributed by atoms with Gasteiger partial charge in [-0.3, -0.25) is 0 Å². The van der Waals surface area contributed by atoms with Crippen molar-refractivity contribution in [3.05, 3.63) is 9.81 Å². The van der Waals surface area contributed by atoms with Crippen molar-refractivity contribution in [2.45, 2.75) is 62.4 Å². The lowest BCUT2D eigenvalue weighted by Gasteiger charge is -2.43. The molecule has 1 nitrogen and oxygen atoms in total. The summed E-state index contributed by atoms with van der Waals surface area (Å²) in [6, 6.07) is 0. The Kier molecular flexibility index (Phi) is 7.31. The van der Waals surface area contributed by atoms with Crippen molar-refractivity contribution < 1.29 is 4.43 Å². The van der Waals surface area contributed by atoms with E-state index in [9.17, 15) is 0 Å². The van der Waals surface area contributed by atoms with E-state index in [-0.39, 0.29) is 0 Å². The van der Waals surface area contributed by atoms with Crippen LogP contribution < -0.4 is 0 Å². The molecule has 132 valence electrons. The summed E-state index contributed by atoms with van der Waals surface area (Å²) in [5, 5.41) is 0. The molecule has 0 unspecified atom stereocenters. The highest BCUT2D eigenvalue weighted by Gasteiger charge is 2.40. The fourth-order valence-electron chi connectivity index (χ4n) is 3.56. The molecule has 0 bridgehead atoms. The van der Waals surface area contributed by atoms with Crippen molar-refractivity contribution in [3.8, 4) is 0 Å². The molecule has 23 heavy (non-hydrogen) atoms. The predicted molar refractivity (Wildman–Crippen MR) is 115 cm³/mol. The van der Waals surface area contributed by atoms with Gasteiger partial charge in [-0.15, -0.1) is 47.0 Å². The van der Waals surface area contributed by atoms with Crippen molar-refractivity contribution in [1.29, 1.82) is 0 Å². The maximum absolute atomic E-state index is 6.73. The van der Waals surface area contributed by atoms with E-state index in [4.69, 9.17) is 4.43 Å². The highest BCUT2D eigenvalue weighted by Crippen LogP contribution is 2.50. The molecule has 0 N–H and O–H groups in total. The molecule has 2 aliphatic heterocycles. The second kappa shape index (κ2) is 8.80. The molecule has 2 heterocycles. The standard InChI is InChI=1S/C17H30OS4Si/c1-23(2,3)18-14-8-4-7-13(16-19-9-5-10-20-16)15(14)17-21-11-6-12-22-17/h14-15,17H,4-12H2,1-3H3/t14-,15-/m0/s1. The molecule has 0 spiro atoms. The van der Waals surface area contributed by atoms with E-state index < -0.39 is 8.32 Å². The van der Waals surface area contributed by atoms with Crippen LogP contribution in [0.15, 0.2) is 9.81 Å². The van der Waals surface area contributed by atoms with E-state index in [1.807, 2.05) is 0 Å². The average molecular weight is 407 g/mol. The minimum atomic E-state index is -1.48. The van der Waals surface area contributed by atoms with Crippen LogP contribution in [-0.2, 0) is 4.43 Å². The van der Waals surface area contributed by atoms with Crippen molar-refractivity contribution in [2.24, 2.45) is 5.92 Å². The number of thioether (sulfide) groups is 4. The van der Waals surface area contributed by atoms with Crippen LogP contribution in [0.3, 0.4) is 0 Å². The molecule has 3 aliphatic rings. The fraction of sp³-hybridized carbons (Fsp3) is 0.882. The van der Waals surface area contributed by atoms with Crippen LogP contribution in [0.1, 0.15) is 32.1 Å². The first-order valence-corrected chi connectivity index (χ1v) is 16.4. The third-order valence-corrected chi connectivity index (χ3v) is 11.3. The van der Waals surface area contributed by atoms with Gasteiger partial charge in [0, 0.05) is 10.2 Å². The Hall–Kier alpha value is 1.32. The molecule has 6 heteroatoms. The van der Waals surface area contributed by atoms with Crippen molar-refractivity contribution in [1.82, 2.24) is 0 Å². The van der Waals surface area contributed by atoms with Crippen molar-refractivity contribution in [3.63, 3.8) is 0 Å². The van der Waals surface area contributed by atoms with Gasteiger partial charge in [0.05, 0.1) is 10.7 Å². The van der Waals surface area contributed by atoms with Crippen LogP contribution in [0.25, 0.3) is 0 Å². The Morgan fingerprint density at radius 2 is 1.57 bits per heavy atom. The Balaban J connectivity index is 1.86. The molecule has 0 aromatic rings. The zero-order chi connectivity index (χ0) is 16.3. The van der Waals surface area contributed by atoms with E-state index >= 15 is 0 Å². The predicted octanol–water partition coefficient (Wildman–Crippen LogP) is 6.28. The van der Waals surface area contributed by atoms with Gasteiger partial charge in [-0.05, 0) is 80.3 Å². The molecule has 0 amide bonds. The van der Waals surface area contributed by atoms with Crippen LogP contribution in [0.4, 0.5) is 0 Å². The van der Waals surface area contributed by atoms with E-state index in [1.54, 1.807) is 9.81 Å². The van der Waals surface area contributed by atoms with Crippen LogP contribution in [0, 0.1) is 5.92 Å². The first-order chi connectivity index (χ1) is 11.0. The quantitative estimate of drug-likeness (QED) is 0.508. The van der Waals surface area contributed by atoms with Gasteiger partial charge in [-0.2, -0.15) is 0 Å². The van der Waals surface area contributed by atoms with Crippen molar-refractivity contribution >= 4 is 55.4 Å². The van der Waals surface area contributed by atoms with Crippen LogP contribution >= 0.6 is 47.0 Å². The number of hydrogen-bond donors (Lipinski definition) is 0. The lowest BCUT2D eigenvalue weighted by atomic mass is 9.84. The molecule has 2 atom stereocenters. The normalized spacial score (nSPS) is 31.4. The van der Waals surface area contributed by atoms with E-state index in [1.165, 1.54) is 55.1 Å². The molecule has 0 radical (unpaired) electrons. The molecular formula is C17H30OS4Si. The fourth-order valence-corrected chi connectivity index (χ4v) is 10.9. The minimum absolute atomic E-state index is 0.476. The molecule has 3 rings (SSSR count). The van der Waals surface area contributed by atoms with Gasteiger partial charge in [0.15, 0.2) is 8.32 Å².